The molecule has 5 rings (SSSR count). The molecule has 13 heteroatoms. The molecular weight excluding hydrogens is 530 g/mol. The van der Waals surface area contributed by atoms with Gasteiger partial charge in [0.1, 0.15) is 5.82 Å². The number of fused-ring (bicyclic) bond motifs is 2. The number of amides is 1. The molecule has 2 heterocycles. The molecule has 192 valence electrons. The van der Waals surface area contributed by atoms with Crippen LogP contribution in [0, 0.1) is 0 Å². The van der Waals surface area contributed by atoms with Crippen molar-refractivity contribution in [3.63, 3.8) is 0 Å². The van der Waals surface area contributed by atoms with E-state index in [0.717, 1.165) is 6.26 Å². The maximum Gasteiger partial charge on any atom is 0.257 e. The van der Waals surface area contributed by atoms with Gasteiger partial charge in [0.25, 0.3) is 5.91 Å². The summed E-state index contributed by atoms with van der Waals surface area (Å²) in [5.74, 6) is -0.00213. The third-order valence-electron chi connectivity index (χ3n) is 5.77. The first kappa shape index (κ1) is 25.2. The first-order valence-corrected chi connectivity index (χ1v) is 13.5. The van der Waals surface area contributed by atoms with Gasteiger partial charge >= 0.3 is 0 Å². The van der Waals surface area contributed by atoms with Crippen molar-refractivity contribution in [3.05, 3.63) is 76.7 Å². The molecule has 3 aromatic carbocycles. The van der Waals surface area contributed by atoms with E-state index in [1.54, 1.807) is 42.5 Å². The fourth-order valence-corrected chi connectivity index (χ4v) is 4.75. The maximum absolute atomic E-state index is 13.1. The molecule has 38 heavy (non-hydrogen) atoms. The van der Waals surface area contributed by atoms with Gasteiger partial charge < -0.3 is 15.6 Å². The van der Waals surface area contributed by atoms with E-state index < -0.39 is 15.7 Å². The standard InChI is InChI=1S/C25H20ClN7O4S/c1-13(34)15-5-3-7-17-16(15)6-4-8-18(17)24(35)30-23-22(26)32-33-25(31-23)27-12-21-28-19-10-9-14(38(2,36)37)11-20(19)29-21/h3-11H,12H2,1-2H3,(H,28,29)(H2,27,30,31,33,35). The van der Waals surface area contributed by atoms with E-state index in [9.17, 15) is 18.0 Å². The van der Waals surface area contributed by atoms with Crippen LogP contribution < -0.4 is 10.6 Å². The van der Waals surface area contributed by atoms with Crippen molar-refractivity contribution >= 4 is 66.7 Å². The van der Waals surface area contributed by atoms with Gasteiger partial charge in [0.15, 0.2) is 26.6 Å². The molecule has 2 aromatic heterocycles. The molecule has 0 atom stereocenters. The molecule has 0 saturated heterocycles. The summed E-state index contributed by atoms with van der Waals surface area (Å²) in [7, 11) is -3.35. The van der Waals surface area contributed by atoms with Crippen molar-refractivity contribution < 1.29 is 18.0 Å². The Kier molecular flexibility index (Phi) is 6.51. The molecule has 11 nitrogen and oxygen atoms in total. The number of imidazole rings is 1. The quantitative estimate of drug-likeness (QED) is 0.255. The number of Topliss-reactive ketones (excluding diaryl/α,β-unsaturated/α-hetero) is 1. The van der Waals surface area contributed by atoms with Gasteiger partial charge in [0.2, 0.25) is 5.95 Å². The molecule has 1 amide bonds. The van der Waals surface area contributed by atoms with E-state index in [1.165, 1.54) is 19.1 Å². The summed E-state index contributed by atoms with van der Waals surface area (Å²) in [6.07, 6.45) is 1.14. The fraction of sp³-hybridized carbons (Fsp3) is 0.120. The normalized spacial score (nSPS) is 11.6. The van der Waals surface area contributed by atoms with Crippen LogP contribution in [0.4, 0.5) is 11.8 Å². The van der Waals surface area contributed by atoms with Crippen LogP contribution in [0.25, 0.3) is 21.8 Å². The smallest absolute Gasteiger partial charge is 0.257 e. The number of carbonyl (C=O) groups is 2. The number of nitrogens with zero attached hydrogens (tertiary/aromatic N) is 4. The topological polar surface area (TPSA) is 160 Å². The van der Waals surface area contributed by atoms with Crippen molar-refractivity contribution in [2.45, 2.75) is 18.4 Å². The Hall–Kier alpha value is -4.42. The number of anilines is 2. The minimum absolute atomic E-state index is 0.00343. The number of aromatic nitrogens is 5. The van der Waals surface area contributed by atoms with E-state index in [-0.39, 0.29) is 34.1 Å². The van der Waals surface area contributed by atoms with Crippen LogP contribution in [0.2, 0.25) is 5.15 Å². The van der Waals surface area contributed by atoms with E-state index in [1.807, 2.05) is 0 Å². The molecule has 0 radical (unpaired) electrons. The Morgan fingerprint density at radius 2 is 1.68 bits per heavy atom. The van der Waals surface area contributed by atoms with Crippen molar-refractivity contribution in [3.8, 4) is 0 Å². The predicted molar refractivity (Wildman–Crippen MR) is 143 cm³/mol. The Balaban J connectivity index is 1.35. The van der Waals surface area contributed by atoms with Crippen LogP contribution in [0.1, 0.15) is 33.5 Å². The van der Waals surface area contributed by atoms with Gasteiger partial charge in [-0.2, -0.15) is 4.98 Å². The highest BCUT2D eigenvalue weighted by Crippen LogP contribution is 2.25. The first-order valence-electron chi connectivity index (χ1n) is 11.3. The van der Waals surface area contributed by atoms with Crippen LogP contribution in [-0.2, 0) is 16.4 Å². The van der Waals surface area contributed by atoms with Crippen molar-refractivity contribution in [2.75, 3.05) is 16.9 Å². The van der Waals surface area contributed by atoms with Crippen molar-refractivity contribution in [1.82, 2.24) is 25.1 Å². The molecule has 0 fully saturated rings. The number of sulfone groups is 1. The number of rotatable bonds is 7. The number of ketones is 1. The lowest BCUT2D eigenvalue weighted by Crippen LogP contribution is -2.16. The van der Waals surface area contributed by atoms with Crippen LogP contribution in [-0.4, -0.2) is 51.5 Å². The second kappa shape index (κ2) is 9.80. The van der Waals surface area contributed by atoms with E-state index in [4.69, 9.17) is 11.6 Å². The molecule has 0 aliphatic carbocycles. The van der Waals surface area contributed by atoms with Gasteiger partial charge in [-0.05, 0) is 42.0 Å². The number of benzene rings is 3. The summed E-state index contributed by atoms with van der Waals surface area (Å²) in [6, 6.07) is 14.9. The van der Waals surface area contributed by atoms with E-state index in [0.29, 0.717) is 38.8 Å². The van der Waals surface area contributed by atoms with Crippen LogP contribution in [0.3, 0.4) is 0 Å². The van der Waals surface area contributed by atoms with E-state index >= 15 is 0 Å². The summed E-state index contributed by atoms with van der Waals surface area (Å²) in [5.41, 5.74) is 2.02. The summed E-state index contributed by atoms with van der Waals surface area (Å²) >= 11 is 6.14. The summed E-state index contributed by atoms with van der Waals surface area (Å²) in [4.78, 5) is 37.0. The molecule has 0 saturated carbocycles. The Morgan fingerprint density at radius 3 is 2.39 bits per heavy atom. The van der Waals surface area contributed by atoms with Gasteiger partial charge in [-0.1, -0.05) is 41.9 Å². The minimum atomic E-state index is -3.35. The van der Waals surface area contributed by atoms with Crippen molar-refractivity contribution in [2.24, 2.45) is 0 Å². The number of halogens is 1. The van der Waals surface area contributed by atoms with Gasteiger partial charge in [-0.25, -0.2) is 13.4 Å². The number of nitrogens with one attached hydrogen (secondary N) is 3. The van der Waals surface area contributed by atoms with Gasteiger partial charge in [-0.15, -0.1) is 10.2 Å². The average Bonchev–Trinajstić information content (AvgIpc) is 3.30. The second-order valence-electron chi connectivity index (χ2n) is 8.48. The Labute approximate surface area is 221 Å². The number of H-pyrrole nitrogens is 1. The highest BCUT2D eigenvalue weighted by molar-refractivity contribution is 7.90. The average molecular weight is 550 g/mol. The predicted octanol–water partition coefficient (Wildman–Crippen LogP) is 4.03. The zero-order chi connectivity index (χ0) is 27.0. The highest BCUT2D eigenvalue weighted by Gasteiger charge is 2.17. The van der Waals surface area contributed by atoms with Crippen molar-refractivity contribution in [1.29, 1.82) is 0 Å². The monoisotopic (exact) mass is 549 g/mol. The number of carbonyl (C=O) groups excluding carboxylic acids is 2. The van der Waals surface area contributed by atoms with Gasteiger partial charge in [0.05, 0.1) is 22.5 Å². The lowest BCUT2D eigenvalue weighted by molar-refractivity contribution is 0.101. The molecule has 0 aliphatic heterocycles. The lowest BCUT2D eigenvalue weighted by Gasteiger charge is -2.11. The number of hydrogen-bond acceptors (Lipinski definition) is 9. The van der Waals surface area contributed by atoms with Crippen LogP contribution >= 0.6 is 11.6 Å². The largest absolute Gasteiger partial charge is 0.346 e. The SMILES string of the molecule is CC(=O)c1cccc2c(C(=O)Nc3nc(NCc4nc5ccc(S(C)(=O)=O)cc5[nH]4)nnc3Cl)cccc12. The Bertz CT molecular complexity index is 1850. The molecule has 0 aliphatic rings. The third-order valence-corrected chi connectivity index (χ3v) is 7.13. The molecular formula is C25H20ClN7O4S. The third kappa shape index (κ3) is 5.04. The lowest BCUT2D eigenvalue weighted by atomic mass is 9.98. The minimum Gasteiger partial charge on any atom is -0.346 e. The summed E-state index contributed by atoms with van der Waals surface area (Å²) in [5, 5.41) is 14.5. The Morgan fingerprint density at radius 1 is 0.974 bits per heavy atom. The molecule has 0 bridgehead atoms. The zero-order valence-electron chi connectivity index (χ0n) is 20.1. The van der Waals surface area contributed by atoms with Crippen LogP contribution in [0.5, 0.6) is 0 Å². The maximum atomic E-state index is 13.1. The molecule has 5 aromatic rings. The summed E-state index contributed by atoms with van der Waals surface area (Å²) < 4.78 is 23.6. The van der Waals surface area contributed by atoms with Gasteiger partial charge in [-0.3, -0.25) is 9.59 Å². The second-order valence-corrected chi connectivity index (χ2v) is 10.9. The van der Waals surface area contributed by atoms with Gasteiger partial charge in [0, 0.05) is 17.4 Å². The van der Waals surface area contributed by atoms with E-state index in [2.05, 4.69) is 35.8 Å². The number of hydrogen-bond donors (Lipinski definition) is 3. The fourth-order valence-electron chi connectivity index (χ4n) is 3.98. The number of aromatic amines is 1. The summed E-state index contributed by atoms with van der Waals surface area (Å²) in [6.45, 7) is 1.64. The molecule has 0 spiro atoms. The first-order chi connectivity index (χ1) is 18.1. The van der Waals surface area contributed by atoms with Crippen LogP contribution in [0.15, 0.2) is 59.5 Å². The molecule has 0 unspecified atom stereocenters. The highest BCUT2D eigenvalue weighted by atomic mass is 35.5. The molecule has 3 N–H and O–H groups in total. The zero-order valence-corrected chi connectivity index (χ0v) is 21.7.